The highest BCUT2D eigenvalue weighted by atomic mass is 32.2. The first-order valence-electron chi connectivity index (χ1n) is 5.73. The lowest BCUT2D eigenvalue weighted by molar-refractivity contribution is -0.151. The van der Waals surface area contributed by atoms with Crippen molar-refractivity contribution < 1.29 is 9.90 Å². The first kappa shape index (κ1) is 12.8. The number of carboxylic acid groups (broad SMARTS) is 1. The minimum absolute atomic E-state index is 0.431. The van der Waals surface area contributed by atoms with Gasteiger partial charge in [0.15, 0.2) is 0 Å². The predicted octanol–water partition coefficient (Wildman–Crippen LogP) is 1.97. The summed E-state index contributed by atoms with van der Waals surface area (Å²) in [6.45, 7) is 3.85. The van der Waals surface area contributed by atoms with Crippen LogP contribution in [0.15, 0.2) is 0 Å². The molecule has 0 unspecified atom stereocenters. The maximum atomic E-state index is 11.3. The Labute approximate surface area is 96.0 Å². The lowest BCUT2D eigenvalue weighted by Crippen LogP contribution is -2.42. The summed E-state index contributed by atoms with van der Waals surface area (Å²) in [7, 11) is 0. The van der Waals surface area contributed by atoms with Crippen LogP contribution in [0.5, 0.6) is 0 Å². The first-order chi connectivity index (χ1) is 7.21. The molecule has 0 spiro atoms. The van der Waals surface area contributed by atoms with Gasteiger partial charge in [-0.15, -0.1) is 0 Å². The fourth-order valence-corrected chi connectivity index (χ4v) is 2.77. The number of thioether (sulfide) groups is 1. The third-order valence-corrected chi connectivity index (χ3v) is 4.15. The van der Waals surface area contributed by atoms with Gasteiger partial charge in [-0.1, -0.05) is 6.92 Å². The van der Waals surface area contributed by atoms with Gasteiger partial charge in [0.1, 0.15) is 0 Å². The minimum Gasteiger partial charge on any atom is -0.481 e. The Bertz CT molecular complexity index is 203. The predicted molar refractivity (Wildman–Crippen MR) is 64.4 cm³/mol. The monoisotopic (exact) mass is 231 g/mol. The Balaban J connectivity index is 2.39. The number of rotatable bonds is 6. The van der Waals surface area contributed by atoms with Crippen molar-refractivity contribution in [2.45, 2.75) is 32.6 Å². The molecule has 0 atom stereocenters. The number of hydrogen-bond donors (Lipinski definition) is 2. The number of nitrogens with one attached hydrogen (secondary N) is 1. The van der Waals surface area contributed by atoms with Crippen molar-refractivity contribution >= 4 is 17.7 Å². The standard InChI is InChI=1S/C11H21NO2S/c1-2-15-9-3-4-11(10(13)14)5-7-12-8-6-11/h12H,2-9H2,1H3,(H,13,14). The summed E-state index contributed by atoms with van der Waals surface area (Å²) < 4.78 is 0. The van der Waals surface area contributed by atoms with Gasteiger partial charge in [0, 0.05) is 0 Å². The molecule has 1 aliphatic rings. The van der Waals surface area contributed by atoms with Crippen molar-refractivity contribution in [1.29, 1.82) is 0 Å². The Morgan fingerprint density at radius 3 is 2.67 bits per heavy atom. The summed E-state index contributed by atoms with van der Waals surface area (Å²) in [5, 5.41) is 12.5. The maximum Gasteiger partial charge on any atom is 0.309 e. The van der Waals surface area contributed by atoms with Crippen LogP contribution in [0.3, 0.4) is 0 Å². The molecule has 15 heavy (non-hydrogen) atoms. The molecule has 4 heteroatoms. The zero-order valence-electron chi connectivity index (χ0n) is 9.42. The van der Waals surface area contributed by atoms with E-state index in [1.54, 1.807) is 0 Å². The molecule has 0 aromatic carbocycles. The third-order valence-electron chi connectivity index (χ3n) is 3.16. The zero-order valence-corrected chi connectivity index (χ0v) is 10.2. The molecule has 1 aliphatic heterocycles. The van der Waals surface area contributed by atoms with Crippen molar-refractivity contribution in [3.05, 3.63) is 0 Å². The number of carboxylic acids is 1. The van der Waals surface area contributed by atoms with Gasteiger partial charge in [0.2, 0.25) is 0 Å². The molecular weight excluding hydrogens is 210 g/mol. The molecule has 0 aromatic heterocycles. The topological polar surface area (TPSA) is 49.3 Å². The normalized spacial score (nSPS) is 20.1. The van der Waals surface area contributed by atoms with Crippen molar-refractivity contribution in [2.75, 3.05) is 24.6 Å². The third kappa shape index (κ3) is 3.68. The molecule has 0 radical (unpaired) electrons. The van der Waals surface area contributed by atoms with E-state index in [2.05, 4.69) is 12.2 Å². The molecule has 2 N–H and O–H groups in total. The molecule has 88 valence electrons. The van der Waals surface area contributed by atoms with Gasteiger partial charge in [-0.05, 0) is 50.3 Å². The molecule has 3 nitrogen and oxygen atoms in total. The molecule has 0 saturated carbocycles. The van der Waals surface area contributed by atoms with E-state index in [0.717, 1.165) is 50.3 Å². The summed E-state index contributed by atoms with van der Waals surface area (Å²) >= 11 is 1.90. The Morgan fingerprint density at radius 1 is 1.47 bits per heavy atom. The van der Waals surface area contributed by atoms with Crippen LogP contribution in [0.25, 0.3) is 0 Å². The Morgan fingerprint density at radius 2 is 2.13 bits per heavy atom. The molecule has 0 aliphatic carbocycles. The first-order valence-corrected chi connectivity index (χ1v) is 6.88. The van der Waals surface area contributed by atoms with Crippen molar-refractivity contribution in [2.24, 2.45) is 5.41 Å². The van der Waals surface area contributed by atoms with E-state index < -0.39 is 11.4 Å². The molecular formula is C11H21NO2S. The largest absolute Gasteiger partial charge is 0.481 e. The fourth-order valence-electron chi connectivity index (χ4n) is 2.13. The van der Waals surface area contributed by atoms with Crippen LogP contribution in [-0.4, -0.2) is 35.7 Å². The SMILES string of the molecule is CCSCCCC1(C(=O)O)CCNCC1. The molecule has 1 saturated heterocycles. The summed E-state index contributed by atoms with van der Waals surface area (Å²) in [5.41, 5.74) is -0.431. The van der Waals surface area contributed by atoms with Crippen LogP contribution in [-0.2, 0) is 4.79 Å². The van der Waals surface area contributed by atoms with Gasteiger partial charge >= 0.3 is 5.97 Å². The molecule has 0 amide bonds. The van der Waals surface area contributed by atoms with E-state index in [4.69, 9.17) is 0 Å². The van der Waals surface area contributed by atoms with E-state index in [1.165, 1.54) is 0 Å². The summed E-state index contributed by atoms with van der Waals surface area (Å²) in [6, 6.07) is 0. The van der Waals surface area contributed by atoms with E-state index in [1.807, 2.05) is 11.8 Å². The molecule has 0 bridgehead atoms. The van der Waals surface area contributed by atoms with Crippen molar-refractivity contribution in [3.8, 4) is 0 Å². The van der Waals surface area contributed by atoms with E-state index in [0.29, 0.717) is 0 Å². The highest BCUT2D eigenvalue weighted by Gasteiger charge is 2.38. The smallest absolute Gasteiger partial charge is 0.309 e. The average molecular weight is 231 g/mol. The van der Waals surface area contributed by atoms with E-state index in [9.17, 15) is 9.90 Å². The highest BCUT2D eigenvalue weighted by molar-refractivity contribution is 7.99. The van der Waals surface area contributed by atoms with Gasteiger partial charge in [-0.2, -0.15) is 11.8 Å². The molecule has 0 aromatic rings. The highest BCUT2D eigenvalue weighted by Crippen LogP contribution is 2.34. The number of aliphatic carboxylic acids is 1. The van der Waals surface area contributed by atoms with Crippen LogP contribution in [0.1, 0.15) is 32.6 Å². The lowest BCUT2D eigenvalue weighted by Gasteiger charge is -2.33. The number of piperidine rings is 1. The second-order valence-electron chi connectivity index (χ2n) is 4.14. The Hall–Kier alpha value is -0.220. The molecule has 1 heterocycles. The van der Waals surface area contributed by atoms with Crippen molar-refractivity contribution in [1.82, 2.24) is 5.32 Å². The van der Waals surface area contributed by atoms with Crippen LogP contribution >= 0.6 is 11.8 Å². The van der Waals surface area contributed by atoms with Gasteiger partial charge in [0.25, 0.3) is 0 Å². The zero-order chi connectivity index (χ0) is 11.1. The number of hydrogen-bond acceptors (Lipinski definition) is 3. The van der Waals surface area contributed by atoms with Gasteiger partial charge < -0.3 is 10.4 Å². The molecule has 1 fully saturated rings. The maximum absolute atomic E-state index is 11.3. The van der Waals surface area contributed by atoms with Gasteiger partial charge in [-0.3, -0.25) is 4.79 Å². The summed E-state index contributed by atoms with van der Waals surface area (Å²) in [6.07, 6.45) is 3.46. The minimum atomic E-state index is -0.592. The van der Waals surface area contributed by atoms with E-state index in [-0.39, 0.29) is 0 Å². The summed E-state index contributed by atoms with van der Waals surface area (Å²) in [5.74, 6) is 1.63. The molecule has 1 rings (SSSR count). The second kappa shape index (κ2) is 6.38. The van der Waals surface area contributed by atoms with Gasteiger partial charge in [-0.25, -0.2) is 0 Å². The van der Waals surface area contributed by atoms with Crippen LogP contribution in [0, 0.1) is 5.41 Å². The quantitative estimate of drug-likeness (QED) is 0.686. The van der Waals surface area contributed by atoms with Crippen LogP contribution < -0.4 is 5.32 Å². The number of carbonyl (C=O) groups is 1. The second-order valence-corrected chi connectivity index (χ2v) is 5.53. The van der Waals surface area contributed by atoms with Crippen LogP contribution in [0.2, 0.25) is 0 Å². The summed E-state index contributed by atoms with van der Waals surface area (Å²) in [4.78, 5) is 11.3. The van der Waals surface area contributed by atoms with E-state index >= 15 is 0 Å². The average Bonchev–Trinajstić information content (AvgIpc) is 2.26. The Kier molecular flexibility index (Phi) is 5.47. The lowest BCUT2D eigenvalue weighted by atomic mass is 9.75. The van der Waals surface area contributed by atoms with Crippen molar-refractivity contribution in [3.63, 3.8) is 0 Å². The fraction of sp³-hybridized carbons (Fsp3) is 0.909. The van der Waals surface area contributed by atoms with Gasteiger partial charge in [0.05, 0.1) is 5.41 Å². The van der Waals surface area contributed by atoms with Crippen LogP contribution in [0.4, 0.5) is 0 Å².